The summed E-state index contributed by atoms with van der Waals surface area (Å²) in [5, 5.41) is 3.45. The number of likely N-dealkylation sites (N-methyl/N-ethyl adjacent to an activating group) is 1. The van der Waals surface area contributed by atoms with Gasteiger partial charge in [-0.1, -0.05) is 6.92 Å². The molecule has 0 aromatic carbocycles. The van der Waals surface area contributed by atoms with Crippen LogP contribution in [0.1, 0.15) is 32.5 Å². The molecule has 1 heterocycles. The van der Waals surface area contributed by atoms with Crippen LogP contribution in [-0.2, 0) is 6.54 Å². The highest BCUT2D eigenvalue weighted by Gasteiger charge is 2.04. The zero-order chi connectivity index (χ0) is 12.0. The molecule has 0 spiro atoms. The van der Waals surface area contributed by atoms with Crippen LogP contribution in [0.4, 0.5) is 0 Å². The summed E-state index contributed by atoms with van der Waals surface area (Å²) in [6, 6.07) is 0.484. The Bertz CT molecular complexity index is 293. The van der Waals surface area contributed by atoms with Crippen LogP contribution >= 0.6 is 0 Å². The van der Waals surface area contributed by atoms with Crippen LogP contribution in [0.25, 0.3) is 0 Å². The van der Waals surface area contributed by atoms with Crippen molar-refractivity contribution in [3.8, 4) is 0 Å². The van der Waals surface area contributed by atoms with E-state index in [1.807, 2.05) is 12.5 Å². The van der Waals surface area contributed by atoms with Crippen LogP contribution in [-0.4, -0.2) is 41.1 Å². The molecule has 0 aliphatic rings. The second-order valence-electron chi connectivity index (χ2n) is 4.46. The van der Waals surface area contributed by atoms with Crippen LogP contribution < -0.4 is 5.32 Å². The maximum absolute atomic E-state index is 4.19. The fourth-order valence-corrected chi connectivity index (χ4v) is 1.58. The van der Waals surface area contributed by atoms with Gasteiger partial charge in [-0.25, -0.2) is 4.98 Å². The standard InChI is InChI=1S/C12H24N4/c1-5-15(4)7-6-13-8-12-9-14-10-16(12)11(2)3/h9-11,13H,5-8H2,1-4H3. The molecular formula is C12H24N4. The van der Waals surface area contributed by atoms with E-state index in [9.17, 15) is 0 Å². The third-order valence-electron chi connectivity index (χ3n) is 2.82. The molecule has 4 nitrogen and oxygen atoms in total. The molecule has 0 unspecified atom stereocenters. The topological polar surface area (TPSA) is 33.1 Å². The van der Waals surface area contributed by atoms with Gasteiger partial charge in [0, 0.05) is 31.9 Å². The Kier molecular flexibility index (Phi) is 5.49. The second kappa shape index (κ2) is 6.66. The quantitative estimate of drug-likeness (QED) is 0.713. The van der Waals surface area contributed by atoms with E-state index in [4.69, 9.17) is 0 Å². The van der Waals surface area contributed by atoms with Crippen LogP contribution in [0.2, 0.25) is 0 Å². The monoisotopic (exact) mass is 224 g/mol. The van der Waals surface area contributed by atoms with Gasteiger partial charge >= 0.3 is 0 Å². The summed E-state index contributed by atoms with van der Waals surface area (Å²) in [6.07, 6.45) is 3.84. The largest absolute Gasteiger partial charge is 0.331 e. The molecule has 1 N–H and O–H groups in total. The van der Waals surface area contributed by atoms with E-state index in [1.165, 1.54) is 5.69 Å². The van der Waals surface area contributed by atoms with Gasteiger partial charge in [0.15, 0.2) is 0 Å². The van der Waals surface area contributed by atoms with Crippen molar-refractivity contribution < 1.29 is 0 Å². The SMILES string of the molecule is CCN(C)CCNCc1cncn1C(C)C. The van der Waals surface area contributed by atoms with Gasteiger partial charge < -0.3 is 14.8 Å². The van der Waals surface area contributed by atoms with Crippen molar-refractivity contribution in [1.29, 1.82) is 0 Å². The first-order valence-electron chi connectivity index (χ1n) is 6.05. The van der Waals surface area contributed by atoms with E-state index in [2.05, 4.69) is 47.6 Å². The molecule has 1 rings (SSSR count). The average molecular weight is 224 g/mol. The molecule has 0 aliphatic carbocycles. The molecular weight excluding hydrogens is 200 g/mol. The lowest BCUT2D eigenvalue weighted by Crippen LogP contribution is -2.29. The third-order valence-corrected chi connectivity index (χ3v) is 2.82. The molecule has 0 atom stereocenters. The molecule has 0 fully saturated rings. The first-order valence-corrected chi connectivity index (χ1v) is 6.05. The minimum absolute atomic E-state index is 0.484. The van der Waals surface area contributed by atoms with E-state index < -0.39 is 0 Å². The lowest BCUT2D eigenvalue weighted by Gasteiger charge is -2.15. The minimum atomic E-state index is 0.484. The van der Waals surface area contributed by atoms with Crippen molar-refractivity contribution in [2.45, 2.75) is 33.4 Å². The summed E-state index contributed by atoms with van der Waals surface area (Å²) in [7, 11) is 2.14. The van der Waals surface area contributed by atoms with Crippen molar-refractivity contribution in [3.63, 3.8) is 0 Å². The summed E-state index contributed by atoms with van der Waals surface area (Å²) in [4.78, 5) is 6.48. The molecule has 92 valence electrons. The Morgan fingerprint density at radius 2 is 2.25 bits per heavy atom. The van der Waals surface area contributed by atoms with Crippen LogP contribution in [0, 0.1) is 0 Å². The zero-order valence-corrected chi connectivity index (χ0v) is 10.9. The van der Waals surface area contributed by atoms with E-state index >= 15 is 0 Å². The summed E-state index contributed by atoms with van der Waals surface area (Å²) >= 11 is 0. The zero-order valence-electron chi connectivity index (χ0n) is 10.9. The number of nitrogens with zero attached hydrogens (tertiary/aromatic N) is 3. The first kappa shape index (κ1) is 13.2. The molecule has 0 radical (unpaired) electrons. The number of hydrogen-bond acceptors (Lipinski definition) is 3. The maximum atomic E-state index is 4.19. The van der Waals surface area contributed by atoms with Crippen molar-refractivity contribution >= 4 is 0 Å². The van der Waals surface area contributed by atoms with Gasteiger partial charge in [-0.15, -0.1) is 0 Å². The second-order valence-corrected chi connectivity index (χ2v) is 4.46. The van der Waals surface area contributed by atoms with Gasteiger partial charge in [0.2, 0.25) is 0 Å². The van der Waals surface area contributed by atoms with Crippen molar-refractivity contribution in [1.82, 2.24) is 19.8 Å². The number of nitrogens with one attached hydrogen (secondary N) is 1. The lowest BCUT2D eigenvalue weighted by atomic mass is 10.3. The Balaban J connectivity index is 2.29. The van der Waals surface area contributed by atoms with Gasteiger partial charge in [-0.2, -0.15) is 0 Å². The Hall–Kier alpha value is -0.870. The Labute approximate surface area is 98.7 Å². The van der Waals surface area contributed by atoms with Crippen molar-refractivity contribution in [2.24, 2.45) is 0 Å². The fraction of sp³-hybridized carbons (Fsp3) is 0.750. The predicted molar refractivity (Wildman–Crippen MR) is 67.5 cm³/mol. The van der Waals surface area contributed by atoms with E-state index in [0.717, 1.165) is 26.2 Å². The first-order chi connectivity index (χ1) is 7.65. The molecule has 1 aromatic rings. The molecule has 0 aliphatic heterocycles. The Morgan fingerprint density at radius 1 is 1.50 bits per heavy atom. The minimum Gasteiger partial charge on any atom is -0.331 e. The van der Waals surface area contributed by atoms with E-state index in [1.54, 1.807) is 0 Å². The Morgan fingerprint density at radius 3 is 2.88 bits per heavy atom. The molecule has 16 heavy (non-hydrogen) atoms. The summed E-state index contributed by atoms with van der Waals surface area (Å²) < 4.78 is 2.20. The molecule has 0 amide bonds. The van der Waals surface area contributed by atoms with Gasteiger partial charge in [0.05, 0.1) is 12.0 Å². The summed E-state index contributed by atoms with van der Waals surface area (Å²) in [5.41, 5.74) is 1.26. The highest BCUT2D eigenvalue weighted by atomic mass is 15.1. The predicted octanol–water partition coefficient (Wildman–Crippen LogP) is 1.51. The normalized spacial score (nSPS) is 11.6. The van der Waals surface area contributed by atoms with Crippen molar-refractivity contribution in [3.05, 3.63) is 18.2 Å². The third kappa shape index (κ3) is 3.94. The molecule has 0 saturated heterocycles. The van der Waals surface area contributed by atoms with Crippen LogP contribution in [0.5, 0.6) is 0 Å². The number of aromatic nitrogens is 2. The van der Waals surface area contributed by atoms with E-state index in [-0.39, 0.29) is 0 Å². The number of rotatable bonds is 7. The molecule has 0 saturated carbocycles. The van der Waals surface area contributed by atoms with Gasteiger partial charge in [0.1, 0.15) is 0 Å². The highest BCUT2D eigenvalue weighted by molar-refractivity contribution is 4.99. The molecule has 0 bridgehead atoms. The van der Waals surface area contributed by atoms with Crippen LogP contribution in [0.15, 0.2) is 12.5 Å². The molecule has 1 aromatic heterocycles. The fourth-order valence-electron chi connectivity index (χ4n) is 1.58. The average Bonchev–Trinajstić information content (AvgIpc) is 2.72. The number of imidazole rings is 1. The van der Waals surface area contributed by atoms with Crippen molar-refractivity contribution in [2.75, 3.05) is 26.7 Å². The maximum Gasteiger partial charge on any atom is 0.0951 e. The summed E-state index contributed by atoms with van der Waals surface area (Å²) in [5.74, 6) is 0. The van der Waals surface area contributed by atoms with Gasteiger partial charge in [-0.05, 0) is 27.4 Å². The molecule has 4 heteroatoms. The van der Waals surface area contributed by atoms with Crippen LogP contribution in [0.3, 0.4) is 0 Å². The lowest BCUT2D eigenvalue weighted by molar-refractivity contribution is 0.348. The number of hydrogen-bond donors (Lipinski definition) is 1. The van der Waals surface area contributed by atoms with Gasteiger partial charge in [-0.3, -0.25) is 0 Å². The van der Waals surface area contributed by atoms with E-state index in [0.29, 0.717) is 6.04 Å². The smallest absolute Gasteiger partial charge is 0.0951 e. The summed E-state index contributed by atoms with van der Waals surface area (Å²) in [6.45, 7) is 10.6. The van der Waals surface area contributed by atoms with Gasteiger partial charge in [0.25, 0.3) is 0 Å². The highest BCUT2D eigenvalue weighted by Crippen LogP contribution is 2.07.